The van der Waals surface area contributed by atoms with Gasteiger partial charge in [0, 0.05) is 5.41 Å². The maximum absolute atomic E-state index is 11.1. The minimum Gasteiger partial charge on any atom is -0.438 e. The molecule has 0 spiro atoms. The first-order chi connectivity index (χ1) is 8.14. The molecule has 2 bridgehead atoms. The maximum Gasteiger partial charge on any atom is 0.507 e. The Bertz CT molecular complexity index is 327. The molecule has 3 heteroatoms. The van der Waals surface area contributed by atoms with Crippen LogP contribution < -0.4 is 0 Å². The van der Waals surface area contributed by atoms with Crippen LogP contribution in [0.15, 0.2) is 0 Å². The van der Waals surface area contributed by atoms with Gasteiger partial charge < -0.3 is 9.47 Å². The number of hydrogen-bond acceptors (Lipinski definition) is 3. The van der Waals surface area contributed by atoms with Gasteiger partial charge in [-0.1, -0.05) is 13.3 Å². The molecule has 3 aliphatic carbocycles. The van der Waals surface area contributed by atoms with Gasteiger partial charge in [0.1, 0.15) is 6.61 Å². The summed E-state index contributed by atoms with van der Waals surface area (Å²) in [4.78, 5) is 11.1. The lowest BCUT2D eigenvalue weighted by atomic mass is 9.67. The second-order valence-electron chi connectivity index (χ2n) is 6.46. The largest absolute Gasteiger partial charge is 0.507 e. The first-order valence-corrected chi connectivity index (χ1v) is 6.85. The second-order valence-corrected chi connectivity index (χ2v) is 6.46. The van der Waals surface area contributed by atoms with Crippen LogP contribution >= 0.6 is 0 Å². The molecule has 0 amide bonds. The van der Waals surface area contributed by atoms with Crippen LogP contribution in [0.2, 0.25) is 0 Å². The van der Waals surface area contributed by atoms with E-state index in [0.717, 1.165) is 23.7 Å². The number of methoxy groups -OCH3 is 1. The number of fused-ring (bicyclic) bond motifs is 5. The fourth-order valence-electron chi connectivity index (χ4n) is 5.01. The van der Waals surface area contributed by atoms with Gasteiger partial charge in [0.05, 0.1) is 7.11 Å². The van der Waals surface area contributed by atoms with Gasteiger partial charge in [0.2, 0.25) is 0 Å². The molecule has 17 heavy (non-hydrogen) atoms. The van der Waals surface area contributed by atoms with E-state index in [1.54, 1.807) is 0 Å². The van der Waals surface area contributed by atoms with Gasteiger partial charge >= 0.3 is 6.16 Å². The summed E-state index contributed by atoms with van der Waals surface area (Å²) in [5.74, 6) is 3.59. The van der Waals surface area contributed by atoms with Crippen molar-refractivity contribution >= 4 is 6.16 Å². The fraction of sp³-hybridized carbons (Fsp3) is 0.929. The van der Waals surface area contributed by atoms with E-state index in [-0.39, 0.29) is 5.41 Å². The lowest BCUT2D eigenvalue weighted by Gasteiger charge is -2.39. The van der Waals surface area contributed by atoms with Crippen molar-refractivity contribution < 1.29 is 14.3 Å². The molecule has 3 fully saturated rings. The molecule has 3 saturated carbocycles. The van der Waals surface area contributed by atoms with E-state index in [1.165, 1.54) is 39.2 Å². The molecule has 3 aliphatic rings. The van der Waals surface area contributed by atoms with E-state index in [4.69, 9.17) is 4.74 Å². The minimum atomic E-state index is -0.531. The van der Waals surface area contributed by atoms with Gasteiger partial charge in [-0.25, -0.2) is 4.79 Å². The Morgan fingerprint density at radius 2 is 2.12 bits per heavy atom. The van der Waals surface area contributed by atoms with Crippen molar-refractivity contribution in [3.05, 3.63) is 0 Å². The van der Waals surface area contributed by atoms with E-state index in [9.17, 15) is 4.79 Å². The Kier molecular flexibility index (Phi) is 2.60. The Morgan fingerprint density at radius 3 is 2.88 bits per heavy atom. The fourth-order valence-corrected chi connectivity index (χ4v) is 5.01. The molecule has 0 aromatic rings. The smallest absolute Gasteiger partial charge is 0.438 e. The van der Waals surface area contributed by atoms with Crippen molar-refractivity contribution in [1.82, 2.24) is 0 Å². The lowest BCUT2D eigenvalue weighted by molar-refractivity contribution is -0.00200. The van der Waals surface area contributed by atoms with Crippen LogP contribution in [-0.4, -0.2) is 19.9 Å². The molecule has 5 atom stereocenters. The second kappa shape index (κ2) is 3.89. The van der Waals surface area contributed by atoms with Crippen LogP contribution in [0.5, 0.6) is 0 Å². The minimum absolute atomic E-state index is 0.213. The zero-order valence-electron chi connectivity index (χ0n) is 10.8. The Balaban J connectivity index is 1.67. The predicted octanol–water partition coefficient (Wildman–Crippen LogP) is 3.23. The molecule has 0 saturated heterocycles. The van der Waals surface area contributed by atoms with Gasteiger partial charge in [-0.3, -0.25) is 0 Å². The number of carbonyl (C=O) groups excluding carboxylic acids is 1. The maximum atomic E-state index is 11.1. The van der Waals surface area contributed by atoms with E-state index in [1.807, 2.05) is 0 Å². The molecule has 0 N–H and O–H groups in total. The third-order valence-corrected chi connectivity index (χ3v) is 5.61. The normalized spacial score (nSPS) is 46.9. The third kappa shape index (κ3) is 1.66. The summed E-state index contributed by atoms with van der Waals surface area (Å²) >= 11 is 0. The first-order valence-electron chi connectivity index (χ1n) is 6.85. The van der Waals surface area contributed by atoms with E-state index < -0.39 is 6.16 Å². The third-order valence-electron chi connectivity index (χ3n) is 5.61. The Labute approximate surface area is 103 Å². The Morgan fingerprint density at radius 1 is 1.35 bits per heavy atom. The first kappa shape index (κ1) is 11.4. The standard InChI is InChI=1S/C14H22O3/c1-14(8-17-13(15)16-2)7-9-6-12(14)11-5-3-4-10(9)11/h9-12H,3-8H2,1-2H3. The van der Waals surface area contributed by atoms with Crippen molar-refractivity contribution in [2.24, 2.45) is 29.1 Å². The zero-order valence-corrected chi connectivity index (χ0v) is 10.8. The zero-order chi connectivity index (χ0) is 12.0. The molecule has 0 aromatic carbocycles. The monoisotopic (exact) mass is 238 g/mol. The number of hydrogen-bond donors (Lipinski definition) is 0. The van der Waals surface area contributed by atoms with Crippen LogP contribution in [0, 0.1) is 29.1 Å². The van der Waals surface area contributed by atoms with Crippen molar-refractivity contribution in [3.63, 3.8) is 0 Å². The molecular weight excluding hydrogens is 216 g/mol. The average molecular weight is 238 g/mol. The molecule has 0 radical (unpaired) electrons. The van der Waals surface area contributed by atoms with Crippen molar-refractivity contribution in [2.45, 2.75) is 39.0 Å². The summed E-state index contributed by atoms with van der Waals surface area (Å²) in [6.45, 7) is 2.85. The number of ether oxygens (including phenoxy) is 2. The molecule has 5 unspecified atom stereocenters. The molecule has 0 aliphatic heterocycles. The van der Waals surface area contributed by atoms with E-state index in [0.29, 0.717) is 6.61 Å². The summed E-state index contributed by atoms with van der Waals surface area (Å²) in [7, 11) is 1.37. The molecule has 3 rings (SSSR count). The van der Waals surface area contributed by atoms with E-state index >= 15 is 0 Å². The predicted molar refractivity (Wildman–Crippen MR) is 63.5 cm³/mol. The highest BCUT2D eigenvalue weighted by molar-refractivity contribution is 5.59. The molecule has 0 heterocycles. The van der Waals surface area contributed by atoms with Crippen molar-refractivity contribution in [1.29, 1.82) is 0 Å². The summed E-state index contributed by atoms with van der Waals surface area (Å²) in [5, 5.41) is 0. The highest BCUT2D eigenvalue weighted by atomic mass is 16.7. The summed E-state index contributed by atoms with van der Waals surface area (Å²) < 4.78 is 9.78. The highest BCUT2D eigenvalue weighted by Crippen LogP contribution is 2.65. The summed E-state index contributed by atoms with van der Waals surface area (Å²) in [5.41, 5.74) is 0.213. The molecule has 3 nitrogen and oxygen atoms in total. The lowest BCUT2D eigenvalue weighted by Crippen LogP contribution is -2.37. The topological polar surface area (TPSA) is 35.5 Å². The van der Waals surface area contributed by atoms with Crippen molar-refractivity contribution in [2.75, 3.05) is 13.7 Å². The number of carbonyl (C=O) groups is 1. The van der Waals surface area contributed by atoms with Gasteiger partial charge in [-0.05, 0) is 49.4 Å². The SMILES string of the molecule is COC(=O)OCC1(C)CC2CC1C1CCCC21. The summed E-state index contributed by atoms with van der Waals surface area (Å²) in [6, 6.07) is 0. The van der Waals surface area contributed by atoms with Crippen LogP contribution in [0.4, 0.5) is 4.79 Å². The molecular formula is C14H22O3. The molecule has 0 aromatic heterocycles. The highest BCUT2D eigenvalue weighted by Gasteiger charge is 2.59. The molecule has 96 valence electrons. The van der Waals surface area contributed by atoms with Gasteiger partial charge in [-0.2, -0.15) is 0 Å². The van der Waals surface area contributed by atoms with Crippen LogP contribution in [-0.2, 0) is 9.47 Å². The van der Waals surface area contributed by atoms with Gasteiger partial charge in [0.15, 0.2) is 0 Å². The van der Waals surface area contributed by atoms with Gasteiger partial charge in [0.25, 0.3) is 0 Å². The van der Waals surface area contributed by atoms with Crippen LogP contribution in [0.1, 0.15) is 39.0 Å². The quantitative estimate of drug-likeness (QED) is 0.693. The Hall–Kier alpha value is -0.730. The summed E-state index contributed by atoms with van der Waals surface area (Å²) in [6.07, 6.45) is 6.35. The van der Waals surface area contributed by atoms with Crippen LogP contribution in [0.25, 0.3) is 0 Å². The van der Waals surface area contributed by atoms with Crippen molar-refractivity contribution in [3.8, 4) is 0 Å². The van der Waals surface area contributed by atoms with Crippen LogP contribution in [0.3, 0.4) is 0 Å². The van der Waals surface area contributed by atoms with Gasteiger partial charge in [-0.15, -0.1) is 0 Å². The van der Waals surface area contributed by atoms with E-state index in [2.05, 4.69) is 11.7 Å². The average Bonchev–Trinajstić information content (AvgIpc) is 2.96. The number of rotatable bonds is 2.